The van der Waals surface area contributed by atoms with E-state index >= 15 is 0 Å². The van der Waals surface area contributed by atoms with Crippen LogP contribution in [0.1, 0.15) is 29.0 Å². The molecule has 1 saturated heterocycles. The SMILES string of the molecule is Cc1nc2c(nnn2C[C@@H]2CCCN(C(=O)c3cc(F)cc(F)c3)C2)c(=O)[nH]1. The summed E-state index contributed by atoms with van der Waals surface area (Å²) in [6, 6.07) is 2.82. The number of amides is 1. The first-order chi connectivity index (χ1) is 13.4. The molecule has 1 N–H and O–H groups in total. The van der Waals surface area contributed by atoms with Crippen LogP contribution in [0, 0.1) is 24.5 Å². The Morgan fingerprint density at radius 2 is 2.04 bits per heavy atom. The lowest BCUT2D eigenvalue weighted by Crippen LogP contribution is -2.41. The van der Waals surface area contributed by atoms with Crippen molar-refractivity contribution in [3.63, 3.8) is 0 Å². The molecule has 0 radical (unpaired) electrons. The number of carbonyl (C=O) groups is 1. The zero-order chi connectivity index (χ0) is 19.8. The number of piperidine rings is 1. The van der Waals surface area contributed by atoms with Crippen molar-refractivity contribution in [2.45, 2.75) is 26.3 Å². The Balaban J connectivity index is 1.53. The zero-order valence-electron chi connectivity index (χ0n) is 15.2. The minimum absolute atomic E-state index is 0.00631. The van der Waals surface area contributed by atoms with E-state index in [0.717, 1.165) is 31.0 Å². The molecule has 3 heterocycles. The van der Waals surface area contributed by atoms with Gasteiger partial charge in [-0.05, 0) is 37.8 Å². The largest absolute Gasteiger partial charge is 0.338 e. The Labute approximate surface area is 158 Å². The van der Waals surface area contributed by atoms with Gasteiger partial charge in [-0.3, -0.25) is 9.59 Å². The molecule has 1 aromatic carbocycles. The number of aryl methyl sites for hydroxylation is 1. The second-order valence-electron chi connectivity index (χ2n) is 7.01. The van der Waals surface area contributed by atoms with E-state index in [-0.39, 0.29) is 22.6 Å². The standard InChI is InChI=1S/C18H18F2N6O2/c1-10-21-16-15(17(27)22-10)23-24-26(16)9-11-3-2-4-25(8-11)18(28)12-5-13(19)7-14(20)6-12/h5-7,11H,2-4,8-9H2,1H3,(H,21,22,27)/t11-/m1/s1. The third-order valence-electron chi connectivity index (χ3n) is 4.84. The van der Waals surface area contributed by atoms with Crippen molar-refractivity contribution in [3.8, 4) is 0 Å². The minimum atomic E-state index is -0.780. The molecule has 0 unspecified atom stereocenters. The number of nitrogens with zero attached hydrogens (tertiary/aromatic N) is 5. The van der Waals surface area contributed by atoms with Crippen LogP contribution in [0.15, 0.2) is 23.0 Å². The van der Waals surface area contributed by atoms with Crippen LogP contribution in [0.3, 0.4) is 0 Å². The number of hydrogen-bond donors (Lipinski definition) is 1. The molecular formula is C18H18F2N6O2. The maximum atomic E-state index is 13.4. The highest BCUT2D eigenvalue weighted by Crippen LogP contribution is 2.21. The second-order valence-corrected chi connectivity index (χ2v) is 7.01. The van der Waals surface area contributed by atoms with Gasteiger partial charge in [-0.2, -0.15) is 0 Å². The van der Waals surface area contributed by atoms with E-state index < -0.39 is 17.5 Å². The Morgan fingerprint density at radius 1 is 1.29 bits per heavy atom. The molecule has 1 amide bonds. The van der Waals surface area contributed by atoms with Crippen LogP contribution in [0.4, 0.5) is 8.78 Å². The molecule has 2 aromatic heterocycles. The fourth-order valence-electron chi connectivity index (χ4n) is 3.60. The molecule has 1 aliphatic heterocycles. The number of likely N-dealkylation sites (tertiary alicyclic amines) is 1. The predicted octanol–water partition coefficient (Wildman–Crippen LogP) is 1.65. The van der Waals surface area contributed by atoms with E-state index in [1.165, 1.54) is 0 Å². The van der Waals surface area contributed by atoms with Crippen molar-refractivity contribution in [2.75, 3.05) is 13.1 Å². The number of fused-ring (bicyclic) bond motifs is 1. The van der Waals surface area contributed by atoms with Gasteiger partial charge in [0, 0.05) is 31.3 Å². The highest BCUT2D eigenvalue weighted by molar-refractivity contribution is 5.94. The van der Waals surface area contributed by atoms with Crippen molar-refractivity contribution >= 4 is 17.1 Å². The average molecular weight is 388 g/mol. The maximum Gasteiger partial charge on any atom is 0.281 e. The van der Waals surface area contributed by atoms with Gasteiger partial charge in [-0.1, -0.05) is 5.21 Å². The topological polar surface area (TPSA) is 96.8 Å². The molecule has 3 aromatic rings. The number of halogens is 2. The Morgan fingerprint density at radius 3 is 2.79 bits per heavy atom. The third-order valence-corrected chi connectivity index (χ3v) is 4.84. The highest BCUT2D eigenvalue weighted by Gasteiger charge is 2.26. The summed E-state index contributed by atoms with van der Waals surface area (Å²) < 4.78 is 28.4. The molecule has 10 heteroatoms. The second kappa shape index (κ2) is 7.10. The lowest BCUT2D eigenvalue weighted by atomic mass is 9.97. The Kier molecular flexibility index (Phi) is 4.62. The summed E-state index contributed by atoms with van der Waals surface area (Å²) in [5.74, 6) is -1.44. The van der Waals surface area contributed by atoms with Crippen molar-refractivity contribution < 1.29 is 13.6 Å². The maximum absolute atomic E-state index is 13.4. The van der Waals surface area contributed by atoms with Gasteiger partial charge in [0.25, 0.3) is 11.5 Å². The fraction of sp³-hybridized carbons (Fsp3) is 0.389. The van der Waals surface area contributed by atoms with Crippen LogP contribution >= 0.6 is 0 Å². The fourth-order valence-corrected chi connectivity index (χ4v) is 3.60. The molecule has 0 spiro atoms. The van der Waals surface area contributed by atoms with Gasteiger partial charge < -0.3 is 9.88 Å². The molecule has 146 valence electrons. The summed E-state index contributed by atoms with van der Waals surface area (Å²) in [5, 5.41) is 7.91. The average Bonchev–Trinajstić information content (AvgIpc) is 3.03. The van der Waals surface area contributed by atoms with E-state index in [4.69, 9.17) is 0 Å². The van der Waals surface area contributed by atoms with E-state index in [9.17, 15) is 18.4 Å². The quantitative estimate of drug-likeness (QED) is 0.736. The molecule has 1 aliphatic rings. The van der Waals surface area contributed by atoms with Crippen molar-refractivity contribution in [1.82, 2.24) is 29.9 Å². The third kappa shape index (κ3) is 3.49. The summed E-state index contributed by atoms with van der Waals surface area (Å²) in [6.07, 6.45) is 1.61. The van der Waals surface area contributed by atoms with Crippen LogP contribution < -0.4 is 5.56 Å². The van der Waals surface area contributed by atoms with Crippen LogP contribution in [-0.2, 0) is 6.54 Å². The predicted molar refractivity (Wildman–Crippen MR) is 95.7 cm³/mol. The summed E-state index contributed by atoms with van der Waals surface area (Å²) in [4.78, 5) is 33.1. The summed E-state index contributed by atoms with van der Waals surface area (Å²) in [7, 11) is 0. The Bertz CT molecular complexity index is 1090. The van der Waals surface area contributed by atoms with Crippen LogP contribution in [0.25, 0.3) is 11.2 Å². The van der Waals surface area contributed by atoms with Gasteiger partial charge in [0.15, 0.2) is 11.2 Å². The van der Waals surface area contributed by atoms with Gasteiger partial charge in [0.2, 0.25) is 0 Å². The number of benzene rings is 1. The zero-order valence-corrected chi connectivity index (χ0v) is 15.2. The number of nitrogens with one attached hydrogen (secondary N) is 1. The van der Waals surface area contributed by atoms with E-state index in [2.05, 4.69) is 20.3 Å². The monoisotopic (exact) mass is 388 g/mol. The molecule has 0 saturated carbocycles. The number of carbonyl (C=O) groups excluding carboxylic acids is 1. The van der Waals surface area contributed by atoms with Gasteiger partial charge >= 0.3 is 0 Å². The first-order valence-electron chi connectivity index (χ1n) is 8.96. The number of H-pyrrole nitrogens is 1. The van der Waals surface area contributed by atoms with Crippen molar-refractivity contribution in [1.29, 1.82) is 0 Å². The van der Waals surface area contributed by atoms with Crippen molar-refractivity contribution in [2.24, 2.45) is 5.92 Å². The lowest BCUT2D eigenvalue weighted by Gasteiger charge is -2.32. The molecule has 0 bridgehead atoms. The molecule has 1 atom stereocenters. The van der Waals surface area contributed by atoms with Gasteiger partial charge in [0.05, 0.1) is 0 Å². The highest BCUT2D eigenvalue weighted by atomic mass is 19.1. The molecular weight excluding hydrogens is 370 g/mol. The molecule has 8 nitrogen and oxygen atoms in total. The minimum Gasteiger partial charge on any atom is -0.338 e. The molecule has 0 aliphatic carbocycles. The summed E-state index contributed by atoms with van der Waals surface area (Å²) in [5.41, 5.74) is 0.219. The normalized spacial score (nSPS) is 17.2. The molecule has 4 rings (SSSR count). The van der Waals surface area contributed by atoms with Gasteiger partial charge in [-0.25, -0.2) is 18.4 Å². The number of aromatic nitrogens is 5. The van der Waals surface area contributed by atoms with E-state index in [1.54, 1.807) is 16.5 Å². The van der Waals surface area contributed by atoms with E-state index in [0.29, 0.717) is 31.1 Å². The number of aromatic amines is 1. The number of hydrogen-bond acceptors (Lipinski definition) is 5. The molecule has 1 fully saturated rings. The lowest BCUT2D eigenvalue weighted by molar-refractivity contribution is 0.0659. The summed E-state index contributed by atoms with van der Waals surface area (Å²) in [6.45, 7) is 3.05. The van der Waals surface area contributed by atoms with Gasteiger partial charge in [0.1, 0.15) is 17.5 Å². The first-order valence-corrected chi connectivity index (χ1v) is 8.96. The van der Waals surface area contributed by atoms with E-state index in [1.807, 2.05) is 0 Å². The van der Waals surface area contributed by atoms with Crippen molar-refractivity contribution in [3.05, 3.63) is 51.6 Å². The van der Waals surface area contributed by atoms with Gasteiger partial charge in [-0.15, -0.1) is 5.10 Å². The first kappa shape index (κ1) is 18.2. The summed E-state index contributed by atoms with van der Waals surface area (Å²) >= 11 is 0. The smallest absolute Gasteiger partial charge is 0.281 e. The van der Waals surface area contributed by atoms with Crippen LogP contribution in [0.5, 0.6) is 0 Å². The van der Waals surface area contributed by atoms with Crippen LogP contribution in [-0.4, -0.2) is 48.9 Å². The molecule has 28 heavy (non-hydrogen) atoms. The van der Waals surface area contributed by atoms with Crippen LogP contribution in [0.2, 0.25) is 0 Å². The Hall–Kier alpha value is -3.17. The number of rotatable bonds is 3.